The van der Waals surface area contributed by atoms with Crippen molar-refractivity contribution in [2.45, 2.75) is 25.7 Å². The predicted molar refractivity (Wildman–Crippen MR) is 297 cm³/mol. The van der Waals surface area contributed by atoms with Crippen molar-refractivity contribution in [1.82, 2.24) is 0 Å². The minimum Gasteiger partial charge on any atom is -0.310 e. The number of hydrogen-bond donors (Lipinski definition) is 0. The smallest absolute Gasteiger partial charge is 0.0493 e. The highest BCUT2D eigenvalue weighted by Crippen LogP contribution is 2.52. The number of fused-ring (bicyclic) bond motifs is 8. The van der Waals surface area contributed by atoms with Gasteiger partial charge in [0.05, 0.1) is 0 Å². The molecular weight excluding hydrogens is 845 g/mol. The zero-order chi connectivity index (χ0) is 46.1. The van der Waals surface area contributed by atoms with Crippen LogP contribution < -0.4 is 9.80 Å². The summed E-state index contributed by atoms with van der Waals surface area (Å²) in [7, 11) is 0. The van der Waals surface area contributed by atoms with Gasteiger partial charge in [0, 0.05) is 34.1 Å². The van der Waals surface area contributed by atoms with Crippen LogP contribution in [0, 0.1) is 0 Å². The summed E-state index contributed by atoms with van der Waals surface area (Å²) in [5.74, 6) is 0. The lowest BCUT2D eigenvalue weighted by Crippen LogP contribution is -2.12. The molecule has 2 heteroatoms. The first-order valence-corrected chi connectivity index (χ1v) is 24.8. The van der Waals surface area contributed by atoms with Gasteiger partial charge in [-0.05, 0) is 185 Å². The average molecular weight is 893 g/mol. The van der Waals surface area contributed by atoms with E-state index in [0.29, 0.717) is 0 Å². The Kier molecular flexibility index (Phi) is 9.52. The predicted octanol–water partition coefficient (Wildman–Crippen LogP) is 18.4. The molecule has 0 spiro atoms. The quantitative estimate of drug-likeness (QED) is 0.159. The van der Waals surface area contributed by atoms with Crippen LogP contribution in [0.25, 0.3) is 76.5 Å². The summed E-state index contributed by atoms with van der Waals surface area (Å²) < 4.78 is 0. The minimum absolute atomic E-state index is 0.990. The topological polar surface area (TPSA) is 6.48 Å². The van der Waals surface area contributed by atoms with E-state index in [4.69, 9.17) is 0 Å². The molecule has 0 N–H and O–H groups in total. The molecule has 2 nitrogen and oxygen atoms in total. The monoisotopic (exact) mass is 892 g/mol. The highest BCUT2D eigenvalue weighted by atomic mass is 15.2. The van der Waals surface area contributed by atoms with Gasteiger partial charge < -0.3 is 9.80 Å². The fourth-order valence-corrected chi connectivity index (χ4v) is 11.9. The number of aryl methyl sites for hydroxylation is 4. The van der Waals surface area contributed by atoms with Crippen molar-refractivity contribution in [3.05, 3.63) is 265 Å². The summed E-state index contributed by atoms with van der Waals surface area (Å²) >= 11 is 0. The number of rotatable bonds is 5. The lowest BCUT2D eigenvalue weighted by atomic mass is 9.82. The molecule has 0 bridgehead atoms. The number of nitrogens with zero attached hydrogens (tertiary/aromatic N) is 2. The summed E-state index contributed by atoms with van der Waals surface area (Å²) in [6.07, 6.45) is 3.96. The van der Waals surface area contributed by atoms with Crippen molar-refractivity contribution < 1.29 is 0 Å². The second kappa shape index (κ2) is 16.5. The molecule has 14 rings (SSSR count). The Labute approximate surface area is 409 Å². The largest absolute Gasteiger partial charge is 0.310 e. The Morgan fingerprint density at radius 2 is 0.643 bits per heavy atom. The molecule has 0 radical (unpaired) electrons. The van der Waals surface area contributed by atoms with Crippen LogP contribution in [-0.2, 0) is 25.7 Å². The zero-order valence-corrected chi connectivity index (χ0v) is 38.8. The van der Waals surface area contributed by atoms with Gasteiger partial charge in [-0.15, -0.1) is 0 Å². The molecular formula is C68H48N2. The van der Waals surface area contributed by atoms with Crippen molar-refractivity contribution in [3.63, 3.8) is 0 Å². The second-order valence-corrected chi connectivity index (χ2v) is 19.0. The van der Waals surface area contributed by atoms with E-state index in [1.54, 1.807) is 0 Å². The van der Waals surface area contributed by atoms with Crippen LogP contribution in [0.5, 0.6) is 0 Å². The molecule has 0 fully saturated rings. The molecule has 2 heterocycles. The number of benzene rings is 12. The molecule has 0 saturated heterocycles. The zero-order valence-electron chi connectivity index (χ0n) is 38.8. The van der Waals surface area contributed by atoms with Crippen LogP contribution in [0.2, 0.25) is 0 Å². The molecule has 12 aromatic rings. The van der Waals surface area contributed by atoms with E-state index in [-0.39, 0.29) is 0 Å². The summed E-state index contributed by atoms with van der Waals surface area (Å²) in [6.45, 7) is 0. The first-order valence-electron chi connectivity index (χ1n) is 24.8. The normalized spacial score (nSPS) is 13.1. The van der Waals surface area contributed by atoms with Gasteiger partial charge in [-0.1, -0.05) is 182 Å². The first kappa shape index (κ1) is 40.4. The van der Waals surface area contributed by atoms with Crippen LogP contribution in [0.15, 0.2) is 243 Å². The Morgan fingerprint density at radius 3 is 1.16 bits per heavy atom. The summed E-state index contributed by atoms with van der Waals surface area (Å²) in [4.78, 5) is 5.05. The maximum Gasteiger partial charge on any atom is 0.0493 e. The minimum atomic E-state index is 0.990. The SMILES string of the molecule is c1ccc(-c2cc3ccccc3cc2-c2c3cc(N4c5ccccc5CCc5ccccc54)ccc3c(-c3cccc4ccccc34)c3cc(N4c5ccccc5CCc5ccccc54)ccc23)cc1. The average Bonchev–Trinajstić information content (AvgIpc) is 3.70. The standard InChI is InChI=1S/C68H48N2/c1-2-17-46(18-3-1)59-41-51-24-4-5-25-52(51)42-60(59)68-58-40-38-53(69-63-29-12-7-20-47(63)33-34-48-21-8-13-30-64(48)69)43-61(58)67(56-28-16-26-45-19-6-11-27-55(45)56)57-39-37-54(44-62(57)68)70-65-31-14-9-22-49(65)35-36-50-23-10-15-32-66(50)70/h1-32,37-44H,33-36H2. The summed E-state index contributed by atoms with van der Waals surface area (Å²) in [5.41, 5.74) is 20.0. The second-order valence-electron chi connectivity index (χ2n) is 19.0. The molecule has 2 aliphatic rings. The molecule has 330 valence electrons. The third-order valence-corrected chi connectivity index (χ3v) is 15.2. The van der Waals surface area contributed by atoms with E-state index in [1.165, 1.54) is 121 Å². The molecule has 70 heavy (non-hydrogen) atoms. The fourth-order valence-electron chi connectivity index (χ4n) is 11.9. The highest BCUT2D eigenvalue weighted by Gasteiger charge is 2.28. The van der Waals surface area contributed by atoms with Crippen LogP contribution in [0.3, 0.4) is 0 Å². The van der Waals surface area contributed by atoms with Gasteiger partial charge in [-0.25, -0.2) is 0 Å². The van der Waals surface area contributed by atoms with Gasteiger partial charge in [-0.2, -0.15) is 0 Å². The molecule has 2 aliphatic heterocycles. The van der Waals surface area contributed by atoms with E-state index in [0.717, 1.165) is 37.1 Å². The number of hydrogen-bond acceptors (Lipinski definition) is 2. The highest BCUT2D eigenvalue weighted by molar-refractivity contribution is 6.26. The Hall–Kier alpha value is -8.72. The van der Waals surface area contributed by atoms with Gasteiger partial charge in [0.2, 0.25) is 0 Å². The van der Waals surface area contributed by atoms with E-state index >= 15 is 0 Å². The van der Waals surface area contributed by atoms with E-state index in [2.05, 4.69) is 252 Å². The first-order chi connectivity index (χ1) is 34.7. The number of para-hydroxylation sites is 4. The Bertz CT molecular complexity index is 3930. The van der Waals surface area contributed by atoms with Crippen molar-refractivity contribution in [2.24, 2.45) is 0 Å². The van der Waals surface area contributed by atoms with Crippen LogP contribution in [0.4, 0.5) is 34.1 Å². The Balaban J connectivity index is 1.16. The van der Waals surface area contributed by atoms with Crippen molar-refractivity contribution in [1.29, 1.82) is 0 Å². The molecule has 0 aliphatic carbocycles. The third kappa shape index (κ3) is 6.55. The van der Waals surface area contributed by atoms with Crippen LogP contribution >= 0.6 is 0 Å². The van der Waals surface area contributed by atoms with Gasteiger partial charge in [0.15, 0.2) is 0 Å². The van der Waals surface area contributed by atoms with E-state index < -0.39 is 0 Å². The maximum absolute atomic E-state index is 2.53. The molecule has 0 saturated carbocycles. The Morgan fingerprint density at radius 1 is 0.243 bits per heavy atom. The van der Waals surface area contributed by atoms with Gasteiger partial charge in [0.25, 0.3) is 0 Å². The summed E-state index contributed by atoms with van der Waals surface area (Å²) in [5, 5.41) is 9.80. The lowest BCUT2D eigenvalue weighted by Gasteiger charge is -2.29. The molecule has 12 aromatic carbocycles. The molecule has 0 amide bonds. The van der Waals surface area contributed by atoms with Gasteiger partial charge in [-0.3, -0.25) is 0 Å². The molecule has 0 aromatic heterocycles. The van der Waals surface area contributed by atoms with Gasteiger partial charge in [0.1, 0.15) is 0 Å². The third-order valence-electron chi connectivity index (χ3n) is 15.2. The van der Waals surface area contributed by atoms with E-state index in [1.807, 2.05) is 0 Å². The fraction of sp³-hybridized carbons (Fsp3) is 0.0588. The molecule has 0 atom stereocenters. The lowest BCUT2D eigenvalue weighted by molar-refractivity contribution is 0.977. The van der Waals surface area contributed by atoms with Crippen molar-refractivity contribution in [3.8, 4) is 33.4 Å². The van der Waals surface area contributed by atoms with Crippen LogP contribution in [0.1, 0.15) is 22.3 Å². The summed E-state index contributed by atoms with van der Waals surface area (Å²) in [6, 6.07) is 91.1. The maximum atomic E-state index is 2.53. The van der Waals surface area contributed by atoms with Crippen LogP contribution in [-0.4, -0.2) is 0 Å². The van der Waals surface area contributed by atoms with E-state index in [9.17, 15) is 0 Å². The molecule has 0 unspecified atom stereocenters. The van der Waals surface area contributed by atoms with Crippen molar-refractivity contribution in [2.75, 3.05) is 9.80 Å². The number of anilines is 6. The van der Waals surface area contributed by atoms with Crippen molar-refractivity contribution >= 4 is 77.2 Å². The van der Waals surface area contributed by atoms with Gasteiger partial charge >= 0.3 is 0 Å².